The Bertz CT molecular complexity index is 1240. The zero-order valence-corrected chi connectivity index (χ0v) is 22.0. The summed E-state index contributed by atoms with van der Waals surface area (Å²) in [5.41, 5.74) is 2.78. The van der Waals surface area contributed by atoms with Crippen molar-refractivity contribution >= 4 is 32.6 Å². The molecule has 0 spiro atoms. The van der Waals surface area contributed by atoms with Crippen LogP contribution in [0.1, 0.15) is 37.9 Å². The topological polar surface area (TPSA) is 104 Å². The molecular formula is C27H34N6O3S. The molecule has 6 rings (SSSR count). The summed E-state index contributed by atoms with van der Waals surface area (Å²) in [5, 5.41) is 13.6. The molecule has 3 aromatic rings. The van der Waals surface area contributed by atoms with Crippen molar-refractivity contribution in [2.75, 3.05) is 38.5 Å². The van der Waals surface area contributed by atoms with Crippen LogP contribution in [0.15, 0.2) is 30.6 Å². The number of aromatic nitrogens is 3. The lowest BCUT2D eigenvalue weighted by Crippen LogP contribution is -2.54. The summed E-state index contributed by atoms with van der Waals surface area (Å²) in [5.74, 6) is 0.766. The lowest BCUT2D eigenvalue weighted by molar-refractivity contribution is -0.124. The molecule has 2 N–H and O–H groups in total. The largest absolute Gasteiger partial charge is 0.390 e. The molecule has 2 aromatic heterocycles. The van der Waals surface area contributed by atoms with Gasteiger partial charge in [-0.05, 0) is 56.8 Å². The van der Waals surface area contributed by atoms with E-state index < -0.39 is 0 Å². The van der Waals surface area contributed by atoms with E-state index in [9.17, 15) is 9.90 Å². The molecule has 1 aliphatic heterocycles. The molecule has 37 heavy (non-hydrogen) atoms. The number of hydrogen-bond donors (Lipinski definition) is 2. The summed E-state index contributed by atoms with van der Waals surface area (Å²) in [4.78, 5) is 31.2. The molecule has 9 nitrogen and oxygen atoms in total. The van der Waals surface area contributed by atoms with Crippen LogP contribution in [0, 0.1) is 5.92 Å². The van der Waals surface area contributed by atoms with Gasteiger partial charge in [0.15, 0.2) is 11.0 Å². The molecule has 1 aromatic carbocycles. The van der Waals surface area contributed by atoms with Gasteiger partial charge in [0.1, 0.15) is 6.61 Å². The van der Waals surface area contributed by atoms with E-state index in [1.165, 1.54) is 11.3 Å². The van der Waals surface area contributed by atoms with Gasteiger partial charge >= 0.3 is 0 Å². The second-order valence-electron chi connectivity index (χ2n) is 10.6. The third kappa shape index (κ3) is 5.53. The Morgan fingerprint density at radius 2 is 1.92 bits per heavy atom. The fraction of sp³-hybridized carbons (Fsp3) is 0.556. The molecule has 3 fully saturated rings. The first-order valence-corrected chi connectivity index (χ1v) is 14.1. The zero-order chi connectivity index (χ0) is 25.4. The predicted octanol–water partition coefficient (Wildman–Crippen LogP) is 3.15. The van der Waals surface area contributed by atoms with Crippen LogP contribution in [0.3, 0.4) is 0 Å². The third-order valence-corrected chi connectivity index (χ3v) is 8.97. The maximum atomic E-state index is 12.8. The molecule has 0 bridgehead atoms. The number of nitrogens with one attached hydrogen (secondary N) is 1. The molecule has 2 atom stereocenters. The van der Waals surface area contributed by atoms with Crippen molar-refractivity contribution in [3.8, 4) is 11.1 Å². The molecule has 3 aliphatic rings. The van der Waals surface area contributed by atoms with E-state index >= 15 is 0 Å². The highest BCUT2D eigenvalue weighted by molar-refractivity contribution is 7.22. The van der Waals surface area contributed by atoms with E-state index in [0.717, 1.165) is 79.6 Å². The van der Waals surface area contributed by atoms with E-state index in [4.69, 9.17) is 4.74 Å². The Labute approximate surface area is 220 Å². The van der Waals surface area contributed by atoms with Gasteiger partial charge in [0.05, 0.1) is 22.4 Å². The molecule has 0 unspecified atom stereocenters. The van der Waals surface area contributed by atoms with Crippen molar-refractivity contribution < 1.29 is 14.6 Å². The standard InChI is InChI=1S/C27H34N6O3S/c1-32-7-9-33(10-8-32)20-11-18(12-20)26(35)31-27-30-21-6-5-17(13-24(21)37-27)19-14-28-25(29-15-19)16-36-23-4-2-3-22(23)34/h5-6,13-15,18,20,22-23,34H,2-4,7-12,16H2,1H3,(H,30,31,35)/t18?,20?,22-,23-/m0/s1. The maximum absolute atomic E-state index is 12.8. The van der Waals surface area contributed by atoms with Crippen LogP contribution in [0.2, 0.25) is 0 Å². The summed E-state index contributed by atoms with van der Waals surface area (Å²) in [6.45, 7) is 4.72. The lowest BCUT2D eigenvalue weighted by atomic mass is 9.78. The molecule has 1 amide bonds. The highest BCUT2D eigenvalue weighted by Crippen LogP contribution is 2.35. The van der Waals surface area contributed by atoms with Crippen molar-refractivity contribution in [2.45, 2.75) is 57.0 Å². The number of hydrogen-bond acceptors (Lipinski definition) is 9. The SMILES string of the molecule is CN1CCN(C2CC(C(=O)Nc3nc4ccc(-c5cnc(CO[C@H]6CCC[C@@H]6O)nc5)cc4s3)C2)CC1. The van der Waals surface area contributed by atoms with Gasteiger partial charge in [-0.1, -0.05) is 17.4 Å². The van der Waals surface area contributed by atoms with Gasteiger partial charge in [-0.3, -0.25) is 9.69 Å². The molecule has 2 saturated carbocycles. The summed E-state index contributed by atoms with van der Waals surface area (Å²) in [6, 6.07) is 6.59. The number of aliphatic hydroxyl groups excluding tert-OH is 1. The van der Waals surface area contributed by atoms with Gasteiger partial charge in [0, 0.05) is 56.1 Å². The number of aliphatic hydroxyl groups is 1. The molecule has 10 heteroatoms. The number of piperazine rings is 1. The smallest absolute Gasteiger partial charge is 0.229 e. The van der Waals surface area contributed by atoms with Crippen LogP contribution >= 0.6 is 11.3 Å². The van der Waals surface area contributed by atoms with Crippen LogP contribution in [0.25, 0.3) is 21.3 Å². The predicted molar refractivity (Wildman–Crippen MR) is 143 cm³/mol. The van der Waals surface area contributed by atoms with E-state index in [-0.39, 0.29) is 24.0 Å². The van der Waals surface area contributed by atoms with Crippen LogP contribution in [0.4, 0.5) is 5.13 Å². The normalized spacial score (nSPS) is 26.9. The number of amides is 1. The van der Waals surface area contributed by atoms with Gasteiger partial charge in [0.2, 0.25) is 5.91 Å². The molecule has 0 radical (unpaired) electrons. The summed E-state index contributed by atoms with van der Waals surface area (Å²) >= 11 is 1.50. The van der Waals surface area contributed by atoms with Crippen LogP contribution in [-0.2, 0) is 16.1 Å². The average Bonchev–Trinajstić information content (AvgIpc) is 3.47. The first kappa shape index (κ1) is 24.8. The minimum absolute atomic E-state index is 0.0730. The van der Waals surface area contributed by atoms with E-state index in [1.54, 1.807) is 12.4 Å². The summed E-state index contributed by atoms with van der Waals surface area (Å²) in [7, 11) is 2.17. The average molecular weight is 523 g/mol. The van der Waals surface area contributed by atoms with Gasteiger partial charge in [0.25, 0.3) is 0 Å². The Morgan fingerprint density at radius 3 is 2.65 bits per heavy atom. The Kier molecular flexibility index (Phi) is 7.18. The number of anilines is 1. The zero-order valence-electron chi connectivity index (χ0n) is 21.2. The minimum Gasteiger partial charge on any atom is -0.390 e. The Morgan fingerprint density at radius 1 is 1.14 bits per heavy atom. The molecular weight excluding hydrogens is 488 g/mol. The van der Waals surface area contributed by atoms with Gasteiger partial charge < -0.3 is 20.1 Å². The fourth-order valence-corrected chi connectivity index (χ4v) is 6.42. The van der Waals surface area contributed by atoms with E-state index in [0.29, 0.717) is 23.6 Å². The van der Waals surface area contributed by atoms with Crippen LogP contribution in [-0.4, -0.2) is 87.2 Å². The molecule has 1 saturated heterocycles. The molecule has 196 valence electrons. The first-order chi connectivity index (χ1) is 18.0. The van der Waals surface area contributed by atoms with E-state index in [1.807, 2.05) is 12.1 Å². The van der Waals surface area contributed by atoms with Crippen molar-refractivity contribution in [1.82, 2.24) is 24.8 Å². The highest BCUT2D eigenvalue weighted by Gasteiger charge is 2.38. The highest BCUT2D eigenvalue weighted by atomic mass is 32.1. The minimum atomic E-state index is -0.382. The van der Waals surface area contributed by atoms with Gasteiger partial charge in [-0.15, -0.1) is 0 Å². The monoisotopic (exact) mass is 522 g/mol. The first-order valence-electron chi connectivity index (χ1n) is 13.3. The lowest BCUT2D eigenvalue weighted by Gasteiger charge is -2.45. The summed E-state index contributed by atoms with van der Waals surface area (Å²) < 4.78 is 6.80. The van der Waals surface area contributed by atoms with Crippen molar-refractivity contribution in [3.05, 3.63) is 36.4 Å². The molecule has 2 aliphatic carbocycles. The van der Waals surface area contributed by atoms with Gasteiger partial charge in [-0.25, -0.2) is 15.0 Å². The van der Waals surface area contributed by atoms with Crippen molar-refractivity contribution in [2.24, 2.45) is 5.92 Å². The number of ether oxygens (including phenoxy) is 1. The number of carbonyl (C=O) groups is 1. The Hall–Kier alpha value is -2.50. The second-order valence-corrected chi connectivity index (χ2v) is 11.6. The van der Waals surface area contributed by atoms with Gasteiger partial charge in [-0.2, -0.15) is 0 Å². The number of carbonyl (C=O) groups excluding carboxylic acids is 1. The maximum Gasteiger partial charge on any atom is 0.229 e. The number of thiazole rings is 1. The van der Waals surface area contributed by atoms with Crippen molar-refractivity contribution in [1.29, 1.82) is 0 Å². The number of nitrogens with zero attached hydrogens (tertiary/aromatic N) is 5. The molecule has 3 heterocycles. The third-order valence-electron chi connectivity index (χ3n) is 8.04. The quantitative estimate of drug-likeness (QED) is 0.488. The fourth-order valence-electron chi connectivity index (χ4n) is 5.51. The number of likely N-dealkylation sites (N-methyl/N-ethyl adjacent to an activating group) is 1. The summed E-state index contributed by atoms with van der Waals surface area (Å²) in [6.07, 6.45) is 7.66. The number of fused-ring (bicyclic) bond motifs is 1. The number of benzene rings is 1. The van der Waals surface area contributed by atoms with Crippen molar-refractivity contribution in [3.63, 3.8) is 0 Å². The Balaban J connectivity index is 1.04. The number of rotatable bonds is 7. The van der Waals surface area contributed by atoms with E-state index in [2.05, 4.69) is 43.2 Å². The second kappa shape index (κ2) is 10.7. The van der Waals surface area contributed by atoms with Crippen LogP contribution in [0.5, 0.6) is 0 Å². The van der Waals surface area contributed by atoms with Crippen LogP contribution < -0.4 is 5.32 Å².